The van der Waals surface area contributed by atoms with Crippen LogP contribution in [0.3, 0.4) is 0 Å². The highest BCUT2D eigenvalue weighted by Gasteiger charge is 2.43. The molecule has 0 N–H and O–H groups in total. The van der Waals surface area contributed by atoms with Crippen LogP contribution in [0.2, 0.25) is 18.1 Å². The number of carbonyl (C=O) groups is 1. The molecule has 1 aliphatic carbocycles. The van der Waals surface area contributed by atoms with Crippen molar-refractivity contribution in [2.75, 3.05) is 7.11 Å². The largest absolute Gasteiger partial charge is 0.547 e. The van der Waals surface area contributed by atoms with Crippen molar-refractivity contribution in [3.8, 4) is 0 Å². The van der Waals surface area contributed by atoms with Gasteiger partial charge in [-0.1, -0.05) is 39.0 Å². The summed E-state index contributed by atoms with van der Waals surface area (Å²) in [6.45, 7) is 10.8. The monoisotopic (exact) mass is 424 g/mol. The molecular formula is C21H32O5SSi. The first-order valence-corrected chi connectivity index (χ1v) is 14.1. The molecule has 0 bridgehead atoms. The quantitative estimate of drug-likeness (QED) is 0.489. The number of carbonyl (C=O) groups excluding carboxylic acids is 1. The van der Waals surface area contributed by atoms with Crippen molar-refractivity contribution in [2.24, 2.45) is 5.92 Å². The lowest BCUT2D eigenvalue weighted by atomic mass is 9.91. The van der Waals surface area contributed by atoms with Gasteiger partial charge < -0.3 is 9.16 Å². The van der Waals surface area contributed by atoms with Crippen LogP contribution < -0.4 is 0 Å². The summed E-state index contributed by atoms with van der Waals surface area (Å²) < 4.78 is 37.7. The molecule has 156 valence electrons. The summed E-state index contributed by atoms with van der Waals surface area (Å²) in [5, 5.41) is -1.23. The van der Waals surface area contributed by atoms with Gasteiger partial charge in [0.05, 0.1) is 17.8 Å². The van der Waals surface area contributed by atoms with E-state index in [9.17, 15) is 13.2 Å². The lowest BCUT2D eigenvalue weighted by Gasteiger charge is -2.39. The van der Waals surface area contributed by atoms with Gasteiger partial charge in [0.1, 0.15) is 0 Å². The van der Waals surface area contributed by atoms with Gasteiger partial charge in [-0.3, -0.25) is 4.79 Å². The van der Waals surface area contributed by atoms with E-state index in [4.69, 9.17) is 9.16 Å². The summed E-state index contributed by atoms with van der Waals surface area (Å²) in [5.41, 5.74) is 0. The topological polar surface area (TPSA) is 69.7 Å². The Morgan fingerprint density at radius 2 is 1.79 bits per heavy atom. The van der Waals surface area contributed by atoms with E-state index in [0.717, 1.165) is 18.6 Å². The maximum Gasteiger partial charge on any atom is 0.325 e. The third-order valence-electron chi connectivity index (χ3n) is 5.78. The third-order valence-corrected chi connectivity index (χ3v) is 12.3. The van der Waals surface area contributed by atoms with Gasteiger partial charge in [0.25, 0.3) is 0 Å². The molecule has 0 radical (unpaired) electrons. The Labute approximate surface area is 170 Å². The highest BCUT2D eigenvalue weighted by molar-refractivity contribution is 7.92. The van der Waals surface area contributed by atoms with Crippen LogP contribution in [0, 0.1) is 5.92 Å². The van der Waals surface area contributed by atoms with Gasteiger partial charge in [-0.25, -0.2) is 8.42 Å². The van der Waals surface area contributed by atoms with Gasteiger partial charge in [0.2, 0.25) is 8.32 Å². The number of methoxy groups -OCH3 is 1. The zero-order valence-electron chi connectivity index (χ0n) is 17.7. The van der Waals surface area contributed by atoms with E-state index in [1.165, 1.54) is 19.2 Å². The maximum atomic E-state index is 13.2. The number of ether oxygens (including phenoxy) is 1. The predicted molar refractivity (Wildman–Crippen MR) is 113 cm³/mol. The first kappa shape index (κ1) is 22.7. The summed E-state index contributed by atoms with van der Waals surface area (Å²) in [5.74, 6) is -0.384. The molecular weight excluding hydrogens is 392 g/mol. The molecule has 0 fully saturated rings. The van der Waals surface area contributed by atoms with E-state index < -0.39 is 35.3 Å². The molecule has 2 rings (SSSR count). The molecule has 7 heteroatoms. The summed E-state index contributed by atoms with van der Waals surface area (Å²) in [7, 11) is -4.68. The number of hydrogen-bond donors (Lipinski definition) is 0. The van der Waals surface area contributed by atoms with Gasteiger partial charge in [0.15, 0.2) is 15.1 Å². The van der Waals surface area contributed by atoms with Crippen molar-refractivity contribution in [1.29, 1.82) is 0 Å². The lowest BCUT2D eigenvalue weighted by Crippen LogP contribution is -2.42. The fourth-order valence-corrected chi connectivity index (χ4v) is 6.11. The Bertz CT molecular complexity index is 822. The zero-order chi connectivity index (χ0) is 21.2. The zero-order valence-corrected chi connectivity index (χ0v) is 19.5. The van der Waals surface area contributed by atoms with Crippen LogP contribution >= 0.6 is 0 Å². The van der Waals surface area contributed by atoms with E-state index >= 15 is 0 Å². The number of esters is 1. The molecule has 28 heavy (non-hydrogen) atoms. The van der Waals surface area contributed by atoms with Crippen LogP contribution in [0.25, 0.3) is 0 Å². The number of benzene rings is 1. The number of allylic oxidation sites excluding steroid dienone is 2. The minimum atomic E-state index is -3.87. The van der Waals surface area contributed by atoms with Gasteiger partial charge in [-0.2, -0.15) is 0 Å². The van der Waals surface area contributed by atoms with Crippen molar-refractivity contribution < 1.29 is 22.4 Å². The normalized spacial score (nSPS) is 19.5. The first-order valence-electron chi connectivity index (χ1n) is 9.66. The molecule has 0 saturated carbocycles. The minimum absolute atomic E-state index is 0.0403. The number of rotatable bonds is 6. The molecule has 2 atom stereocenters. The van der Waals surface area contributed by atoms with Crippen molar-refractivity contribution in [3.05, 3.63) is 42.2 Å². The Hall–Kier alpha value is -1.60. The predicted octanol–water partition coefficient (Wildman–Crippen LogP) is 4.71. The van der Waals surface area contributed by atoms with E-state index in [-0.39, 0.29) is 9.93 Å². The van der Waals surface area contributed by atoms with Crippen LogP contribution in [0.15, 0.2) is 47.1 Å². The summed E-state index contributed by atoms with van der Waals surface area (Å²) in [6, 6.07) is 8.10. The Morgan fingerprint density at radius 1 is 1.18 bits per heavy atom. The lowest BCUT2D eigenvalue weighted by molar-refractivity contribution is -0.140. The number of hydrogen-bond acceptors (Lipinski definition) is 5. The number of sulfone groups is 1. The van der Waals surface area contributed by atoms with Crippen LogP contribution in [0.5, 0.6) is 0 Å². The Balaban J connectivity index is 2.41. The average molecular weight is 425 g/mol. The second-order valence-corrected chi connectivity index (χ2v) is 15.6. The molecule has 0 amide bonds. The molecule has 2 unspecified atom stereocenters. The van der Waals surface area contributed by atoms with Gasteiger partial charge in [0, 0.05) is 12.3 Å². The Morgan fingerprint density at radius 3 is 2.32 bits per heavy atom. The van der Waals surface area contributed by atoms with Crippen LogP contribution in [0.1, 0.15) is 40.0 Å². The molecule has 1 aromatic carbocycles. The van der Waals surface area contributed by atoms with Gasteiger partial charge in [-0.05, 0) is 49.2 Å². The molecule has 0 aliphatic heterocycles. The van der Waals surface area contributed by atoms with Crippen molar-refractivity contribution in [1.82, 2.24) is 0 Å². The van der Waals surface area contributed by atoms with Crippen LogP contribution in [0.4, 0.5) is 0 Å². The second kappa shape index (κ2) is 8.41. The third kappa shape index (κ3) is 4.86. The van der Waals surface area contributed by atoms with Crippen LogP contribution in [-0.4, -0.2) is 35.1 Å². The SMILES string of the molecule is COC(=O)C(C1C=C(O[Si](C)(C)C(C)(C)C)CCC1)S(=O)(=O)c1ccccc1. The van der Waals surface area contributed by atoms with E-state index in [2.05, 4.69) is 33.9 Å². The van der Waals surface area contributed by atoms with E-state index in [0.29, 0.717) is 6.42 Å². The van der Waals surface area contributed by atoms with E-state index in [1.54, 1.807) is 18.2 Å². The van der Waals surface area contributed by atoms with Crippen molar-refractivity contribution >= 4 is 24.1 Å². The fourth-order valence-electron chi connectivity index (χ4n) is 3.13. The standard InChI is InChI=1S/C21H32O5SSi/c1-21(2,3)28(5,6)26-17-12-10-11-16(15-17)19(20(22)25-4)27(23,24)18-13-8-7-9-14-18/h7-9,13-16,19H,10-12H2,1-6H3. The second-order valence-electron chi connectivity index (χ2n) is 8.85. The average Bonchev–Trinajstić information content (AvgIpc) is 2.61. The highest BCUT2D eigenvalue weighted by Crippen LogP contribution is 2.40. The molecule has 0 heterocycles. The minimum Gasteiger partial charge on any atom is -0.547 e. The van der Waals surface area contributed by atoms with Crippen LogP contribution in [-0.2, 0) is 23.8 Å². The molecule has 0 spiro atoms. The van der Waals surface area contributed by atoms with Gasteiger partial charge >= 0.3 is 5.97 Å². The first-order chi connectivity index (χ1) is 12.9. The molecule has 0 saturated heterocycles. The molecule has 1 aromatic rings. The fraction of sp³-hybridized carbons (Fsp3) is 0.571. The van der Waals surface area contributed by atoms with Crippen molar-refractivity contribution in [3.63, 3.8) is 0 Å². The molecule has 5 nitrogen and oxygen atoms in total. The van der Waals surface area contributed by atoms with E-state index in [1.807, 2.05) is 6.08 Å². The smallest absolute Gasteiger partial charge is 0.325 e. The summed E-state index contributed by atoms with van der Waals surface area (Å²) in [4.78, 5) is 12.7. The highest BCUT2D eigenvalue weighted by atomic mass is 32.2. The van der Waals surface area contributed by atoms with Crippen molar-refractivity contribution in [2.45, 2.75) is 68.3 Å². The molecule has 0 aromatic heterocycles. The summed E-state index contributed by atoms with van der Waals surface area (Å²) in [6.07, 6.45) is 4.01. The Kier molecular flexibility index (Phi) is 6.81. The molecule has 1 aliphatic rings. The maximum absolute atomic E-state index is 13.2. The van der Waals surface area contributed by atoms with Gasteiger partial charge in [-0.15, -0.1) is 0 Å². The summed E-state index contributed by atoms with van der Waals surface area (Å²) >= 11 is 0.